The second-order valence-electron chi connectivity index (χ2n) is 4.61. The van der Waals surface area contributed by atoms with E-state index in [-0.39, 0.29) is 32.1 Å². The van der Waals surface area contributed by atoms with Gasteiger partial charge in [0.1, 0.15) is 16.8 Å². The van der Waals surface area contributed by atoms with Gasteiger partial charge in [-0.15, -0.1) is 11.3 Å². The maximum atomic E-state index is 13.7. The SMILES string of the molecule is O=C(Nc1nc(-c2cc(F)ccc2F)cs1)c1cnc(Cl)c(Cl)c1. The lowest BCUT2D eigenvalue weighted by Crippen LogP contribution is -2.12. The van der Waals surface area contributed by atoms with Gasteiger partial charge in [0.15, 0.2) is 5.13 Å². The average molecular weight is 386 g/mol. The first-order valence-corrected chi connectivity index (χ1v) is 8.11. The second kappa shape index (κ2) is 6.80. The molecule has 0 saturated carbocycles. The van der Waals surface area contributed by atoms with Gasteiger partial charge in [-0.05, 0) is 24.3 Å². The number of anilines is 1. The molecule has 3 rings (SSSR count). The number of hydrogen-bond acceptors (Lipinski definition) is 4. The lowest BCUT2D eigenvalue weighted by Gasteiger charge is -2.03. The van der Waals surface area contributed by atoms with E-state index in [4.69, 9.17) is 23.2 Å². The van der Waals surface area contributed by atoms with Gasteiger partial charge in [-0.25, -0.2) is 18.7 Å². The molecular formula is C15H7Cl2F2N3OS. The lowest BCUT2D eigenvalue weighted by molar-refractivity contribution is 0.102. The van der Waals surface area contributed by atoms with E-state index in [9.17, 15) is 13.6 Å². The minimum absolute atomic E-state index is 0.0166. The molecule has 1 aromatic carbocycles. The van der Waals surface area contributed by atoms with Crippen LogP contribution < -0.4 is 5.32 Å². The zero-order valence-electron chi connectivity index (χ0n) is 11.7. The summed E-state index contributed by atoms with van der Waals surface area (Å²) in [6.07, 6.45) is 1.27. The quantitative estimate of drug-likeness (QED) is 0.642. The molecule has 3 aromatic rings. The van der Waals surface area contributed by atoms with E-state index in [1.165, 1.54) is 17.6 Å². The van der Waals surface area contributed by atoms with Crippen LogP contribution in [0.1, 0.15) is 10.4 Å². The van der Waals surface area contributed by atoms with Crippen molar-refractivity contribution < 1.29 is 13.6 Å². The summed E-state index contributed by atoms with van der Waals surface area (Å²) in [6.45, 7) is 0. The van der Waals surface area contributed by atoms with E-state index >= 15 is 0 Å². The normalized spacial score (nSPS) is 10.7. The summed E-state index contributed by atoms with van der Waals surface area (Å²) in [4.78, 5) is 20.0. The number of thiazole rings is 1. The first-order chi connectivity index (χ1) is 11.4. The monoisotopic (exact) mass is 385 g/mol. The fourth-order valence-corrected chi connectivity index (χ4v) is 2.84. The smallest absolute Gasteiger partial charge is 0.259 e. The van der Waals surface area contributed by atoms with Crippen LogP contribution >= 0.6 is 34.5 Å². The van der Waals surface area contributed by atoms with Crippen molar-refractivity contribution >= 4 is 45.6 Å². The average Bonchev–Trinajstić information content (AvgIpc) is 3.00. The first kappa shape index (κ1) is 16.8. The Morgan fingerprint density at radius 3 is 2.75 bits per heavy atom. The number of aromatic nitrogens is 2. The molecule has 0 aliphatic rings. The van der Waals surface area contributed by atoms with Crippen LogP contribution in [0.5, 0.6) is 0 Å². The molecule has 0 unspecified atom stereocenters. The standard InChI is InChI=1S/C15H7Cl2F2N3OS/c16-10-3-7(5-20-13(10)17)14(23)22-15-21-12(6-24-15)9-4-8(18)1-2-11(9)19/h1-6H,(H,21,22,23). The van der Waals surface area contributed by atoms with Crippen LogP contribution in [0.4, 0.5) is 13.9 Å². The number of nitrogens with one attached hydrogen (secondary N) is 1. The number of carbonyl (C=O) groups is 1. The molecule has 0 bridgehead atoms. The van der Waals surface area contributed by atoms with Crippen LogP contribution in [0.25, 0.3) is 11.3 Å². The molecule has 0 radical (unpaired) electrons. The first-order valence-electron chi connectivity index (χ1n) is 6.47. The zero-order valence-corrected chi connectivity index (χ0v) is 14.0. The Balaban J connectivity index is 1.82. The largest absolute Gasteiger partial charge is 0.298 e. The van der Waals surface area contributed by atoms with Crippen LogP contribution in [-0.4, -0.2) is 15.9 Å². The van der Waals surface area contributed by atoms with Crippen molar-refractivity contribution in [3.05, 3.63) is 63.2 Å². The van der Waals surface area contributed by atoms with E-state index < -0.39 is 17.5 Å². The van der Waals surface area contributed by atoms with Gasteiger partial charge in [-0.2, -0.15) is 0 Å². The third-order valence-corrected chi connectivity index (χ3v) is 4.43. The van der Waals surface area contributed by atoms with Crippen molar-refractivity contribution in [2.24, 2.45) is 0 Å². The van der Waals surface area contributed by atoms with Gasteiger partial charge in [0, 0.05) is 17.1 Å². The lowest BCUT2D eigenvalue weighted by atomic mass is 10.1. The summed E-state index contributed by atoms with van der Waals surface area (Å²) in [6, 6.07) is 4.45. The zero-order chi connectivity index (χ0) is 17.3. The minimum atomic E-state index is -0.603. The molecular weight excluding hydrogens is 379 g/mol. The Labute approximate surface area is 149 Å². The molecule has 2 aromatic heterocycles. The van der Waals surface area contributed by atoms with E-state index in [0.29, 0.717) is 0 Å². The molecule has 24 heavy (non-hydrogen) atoms. The summed E-state index contributed by atoms with van der Waals surface area (Å²) in [5.74, 6) is -1.68. The van der Waals surface area contributed by atoms with Crippen molar-refractivity contribution in [3.63, 3.8) is 0 Å². The maximum absolute atomic E-state index is 13.7. The van der Waals surface area contributed by atoms with Crippen molar-refractivity contribution in [2.75, 3.05) is 5.32 Å². The van der Waals surface area contributed by atoms with E-state index in [1.807, 2.05) is 0 Å². The number of amides is 1. The molecule has 1 N–H and O–H groups in total. The Bertz CT molecular complexity index is 933. The van der Waals surface area contributed by atoms with E-state index in [0.717, 1.165) is 29.5 Å². The number of halogens is 4. The Hall–Kier alpha value is -2.09. The summed E-state index contributed by atoms with van der Waals surface area (Å²) < 4.78 is 27.0. The highest BCUT2D eigenvalue weighted by Crippen LogP contribution is 2.28. The molecule has 0 aliphatic heterocycles. The molecule has 0 atom stereocenters. The van der Waals surface area contributed by atoms with Crippen LogP contribution in [0.15, 0.2) is 35.8 Å². The molecule has 0 fully saturated rings. The van der Waals surface area contributed by atoms with Crippen LogP contribution in [0.2, 0.25) is 10.2 Å². The topological polar surface area (TPSA) is 54.9 Å². The summed E-state index contributed by atoms with van der Waals surface area (Å²) in [5, 5.41) is 4.51. The molecule has 4 nitrogen and oxygen atoms in total. The third-order valence-electron chi connectivity index (χ3n) is 2.99. The fraction of sp³-hybridized carbons (Fsp3) is 0. The number of pyridine rings is 1. The Kier molecular flexibility index (Phi) is 4.75. The number of hydrogen-bond donors (Lipinski definition) is 1. The van der Waals surface area contributed by atoms with E-state index in [2.05, 4.69) is 15.3 Å². The highest BCUT2D eigenvalue weighted by Gasteiger charge is 2.14. The van der Waals surface area contributed by atoms with Gasteiger partial charge in [-0.3, -0.25) is 10.1 Å². The van der Waals surface area contributed by atoms with Gasteiger partial charge in [0.05, 0.1) is 16.3 Å². The predicted octanol–water partition coefficient (Wildman–Crippen LogP) is 5.04. The molecule has 0 saturated heterocycles. The highest BCUT2D eigenvalue weighted by molar-refractivity contribution is 7.14. The number of carbonyl (C=O) groups excluding carboxylic acids is 1. The molecule has 2 heterocycles. The molecule has 1 amide bonds. The van der Waals surface area contributed by atoms with Crippen molar-refractivity contribution in [1.82, 2.24) is 9.97 Å². The molecule has 0 spiro atoms. The van der Waals surface area contributed by atoms with Gasteiger partial charge < -0.3 is 0 Å². The second-order valence-corrected chi connectivity index (χ2v) is 6.24. The minimum Gasteiger partial charge on any atom is -0.298 e. The van der Waals surface area contributed by atoms with Crippen molar-refractivity contribution in [3.8, 4) is 11.3 Å². The number of nitrogens with zero attached hydrogens (tertiary/aromatic N) is 2. The summed E-state index contributed by atoms with van der Waals surface area (Å²) >= 11 is 12.6. The van der Waals surface area contributed by atoms with Gasteiger partial charge in [-0.1, -0.05) is 23.2 Å². The van der Waals surface area contributed by atoms with Gasteiger partial charge >= 0.3 is 0 Å². The van der Waals surface area contributed by atoms with Crippen molar-refractivity contribution in [1.29, 1.82) is 0 Å². The Morgan fingerprint density at radius 1 is 1.21 bits per heavy atom. The maximum Gasteiger partial charge on any atom is 0.259 e. The predicted molar refractivity (Wildman–Crippen MR) is 89.7 cm³/mol. The summed E-state index contributed by atoms with van der Waals surface area (Å²) in [5.41, 5.74) is 0.431. The third kappa shape index (κ3) is 3.53. The number of rotatable bonds is 3. The Morgan fingerprint density at radius 2 is 2.00 bits per heavy atom. The van der Waals surface area contributed by atoms with Crippen molar-refractivity contribution in [2.45, 2.75) is 0 Å². The van der Waals surface area contributed by atoms with Crippen LogP contribution in [0.3, 0.4) is 0 Å². The molecule has 9 heteroatoms. The molecule has 0 aliphatic carbocycles. The van der Waals surface area contributed by atoms with Crippen LogP contribution in [-0.2, 0) is 0 Å². The van der Waals surface area contributed by atoms with Gasteiger partial charge in [0.25, 0.3) is 5.91 Å². The van der Waals surface area contributed by atoms with Crippen LogP contribution in [0, 0.1) is 11.6 Å². The highest BCUT2D eigenvalue weighted by atomic mass is 35.5. The molecule has 122 valence electrons. The van der Waals surface area contributed by atoms with E-state index in [1.54, 1.807) is 0 Å². The number of benzene rings is 1. The fourth-order valence-electron chi connectivity index (χ4n) is 1.86. The summed E-state index contributed by atoms with van der Waals surface area (Å²) in [7, 11) is 0. The van der Waals surface area contributed by atoms with Gasteiger partial charge in [0.2, 0.25) is 0 Å².